The molecule has 1 saturated heterocycles. The van der Waals surface area contributed by atoms with Crippen LogP contribution < -0.4 is 5.32 Å². The predicted molar refractivity (Wildman–Crippen MR) is 104 cm³/mol. The van der Waals surface area contributed by atoms with E-state index >= 15 is 0 Å². The molecular formula is C17H30N4S2. The first-order valence-corrected chi connectivity index (χ1v) is 10.4. The Labute approximate surface area is 149 Å². The molecule has 0 spiro atoms. The number of hydrogen-bond acceptors (Lipinski definition) is 4. The number of nitrogens with one attached hydrogen (secondary N) is 1. The number of guanidine groups is 1. The summed E-state index contributed by atoms with van der Waals surface area (Å²) in [6.07, 6.45) is 0.921. The zero-order chi connectivity index (χ0) is 16.9. The maximum atomic E-state index is 4.84. The minimum absolute atomic E-state index is 0.301. The third kappa shape index (κ3) is 5.68. The summed E-state index contributed by atoms with van der Waals surface area (Å²) in [4.78, 5) is 11.9. The van der Waals surface area contributed by atoms with Gasteiger partial charge in [0, 0.05) is 54.4 Å². The predicted octanol–water partition coefficient (Wildman–Crippen LogP) is 3.60. The fourth-order valence-electron chi connectivity index (χ4n) is 2.60. The van der Waals surface area contributed by atoms with Crippen molar-refractivity contribution in [2.24, 2.45) is 4.99 Å². The topological polar surface area (TPSA) is 40.5 Å². The molecule has 1 aliphatic rings. The van der Waals surface area contributed by atoms with Crippen molar-refractivity contribution >= 4 is 29.1 Å². The van der Waals surface area contributed by atoms with Gasteiger partial charge >= 0.3 is 0 Å². The Morgan fingerprint density at radius 1 is 1.48 bits per heavy atom. The SMILES string of the molecule is CCNC(=NCCc1csc(C(C)C)n1)N1CCSC(C)(C)C1. The van der Waals surface area contributed by atoms with E-state index in [0.29, 0.717) is 10.7 Å². The molecule has 0 saturated carbocycles. The van der Waals surface area contributed by atoms with Crippen molar-refractivity contribution in [3.05, 3.63) is 16.1 Å². The van der Waals surface area contributed by atoms with E-state index in [4.69, 9.17) is 9.98 Å². The number of thioether (sulfide) groups is 1. The van der Waals surface area contributed by atoms with Gasteiger partial charge in [-0.3, -0.25) is 4.99 Å². The summed E-state index contributed by atoms with van der Waals surface area (Å²) in [6.45, 7) is 15.0. The molecule has 0 radical (unpaired) electrons. The van der Waals surface area contributed by atoms with E-state index in [1.807, 2.05) is 0 Å². The Morgan fingerprint density at radius 2 is 2.26 bits per heavy atom. The molecule has 1 N–H and O–H groups in total. The molecule has 23 heavy (non-hydrogen) atoms. The first-order chi connectivity index (χ1) is 10.9. The molecule has 6 heteroatoms. The van der Waals surface area contributed by atoms with E-state index in [2.05, 4.69) is 62.0 Å². The van der Waals surface area contributed by atoms with Crippen LogP contribution in [0, 0.1) is 0 Å². The minimum Gasteiger partial charge on any atom is -0.357 e. The highest BCUT2D eigenvalue weighted by molar-refractivity contribution is 8.00. The first-order valence-electron chi connectivity index (χ1n) is 8.53. The van der Waals surface area contributed by atoms with Crippen LogP contribution in [0.5, 0.6) is 0 Å². The normalized spacial score (nSPS) is 18.5. The zero-order valence-electron chi connectivity index (χ0n) is 15.1. The Kier molecular flexibility index (Phi) is 6.77. The van der Waals surface area contributed by atoms with Crippen LogP contribution in [-0.4, -0.2) is 52.5 Å². The highest BCUT2D eigenvalue weighted by atomic mass is 32.2. The van der Waals surface area contributed by atoms with E-state index in [1.165, 1.54) is 16.5 Å². The molecular weight excluding hydrogens is 324 g/mol. The minimum atomic E-state index is 0.301. The lowest BCUT2D eigenvalue weighted by Crippen LogP contribution is -2.51. The van der Waals surface area contributed by atoms with Gasteiger partial charge in [-0.05, 0) is 20.8 Å². The zero-order valence-corrected chi connectivity index (χ0v) is 16.7. The molecule has 1 aromatic rings. The van der Waals surface area contributed by atoms with Crippen molar-refractivity contribution in [1.82, 2.24) is 15.2 Å². The van der Waals surface area contributed by atoms with E-state index in [-0.39, 0.29) is 0 Å². The maximum absolute atomic E-state index is 4.84. The highest BCUT2D eigenvalue weighted by Crippen LogP contribution is 2.29. The van der Waals surface area contributed by atoms with Crippen molar-refractivity contribution in [3.8, 4) is 0 Å². The molecule has 0 bridgehead atoms. The number of hydrogen-bond donors (Lipinski definition) is 1. The van der Waals surface area contributed by atoms with Gasteiger partial charge in [0.05, 0.1) is 10.7 Å². The fourth-order valence-corrected chi connectivity index (χ4v) is 4.58. The van der Waals surface area contributed by atoms with Crippen LogP contribution in [0.25, 0.3) is 0 Å². The lowest BCUT2D eigenvalue weighted by Gasteiger charge is -2.39. The Morgan fingerprint density at radius 3 is 2.87 bits per heavy atom. The number of thiazole rings is 1. The van der Waals surface area contributed by atoms with Crippen LogP contribution in [0.2, 0.25) is 0 Å². The molecule has 1 aliphatic heterocycles. The Balaban J connectivity index is 1.95. The monoisotopic (exact) mass is 354 g/mol. The average Bonchev–Trinajstić information content (AvgIpc) is 2.94. The Hall–Kier alpha value is -0.750. The smallest absolute Gasteiger partial charge is 0.193 e. The van der Waals surface area contributed by atoms with Crippen LogP contribution in [0.1, 0.15) is 51.2 Å². The lowest BCUT2D eigenvalue weighted by atomic mass is 10.2. The van der Waals surface area contributed by atoms with Gasteiger partial charge < -0.3 is 10.2 Å². The second-order valence-electron chi connectivity index (χ2n) is 6.85. The largest absolute Gasteiger partial charge is 0.357 e. The van der Waals surface area contributed by atoms with Gasteiger partial charge in [0.1, 0.15) is 0 Å². The molecule has 1 fully saturated rings. The van der Waals surface area contributed by atoms with Gasteiger partial charge in [0.2, 0.25) is 0 Å². The van der Waals surface area contributed by atoms with Crippen molar-refractivity contribution in [2.45, 2.75) is 51.7 Å². The molecule has 0 aliphatic carbocycles. The molecule has 0 unspecified atom stereocenters. The van der Waals surface area contributed by atoms with E-state index in [1.54, 1.807) is 11.3 Å². The number of aromatic nitrogens is 1. The number of rotatable bonds is 5. The summed E-state index contributed by atoms with van der Waals surface area (Å²) in [5.74, 6) is 2.74. The van der Waals surface area contributed by atoms with Gasteiger partial charge in [-0.25, -0.2) is 4.98 Å². The van der Waals surface area contributed by atoms with E-state index in [0.717, 1.165) is 38.6 Å². The van der Waals surface area contributed by atoms with E-state index in [9.17, 15) is 0 Å². The van der Waals surface area contributed by atoms with Gasteiger partial charge in [-0.15, -0.1) is 11.3 Å². The molecule has 0 aromatic carbocycles. The second-order valence-corrected chi connectivity index (χ2v) is 9.54. The first kappa shape index (κ1) is 18.6. The van der Waals surface area contributed by atoms with Gasteiger partial charge in [0.25, 0.3) is 0 Å². The summed E-state index contributed by atoms with van der Waals surface area (Å²) < 4.78 is 0.301. The summed E-state index contributed by atoms with van der Waals surface area (Å²) in [6, 6.07) is 0. The van der Waals surface area contributed by atoms with Crippen molar-refractivity contribution in [2.75, 3.05) is 31.9 Å². The highest BCUT2D eigenvalue weighted by Gasteiger charge is 2.28. The van der Waals surface area contributed by atoms with E-state index < -0.39 is 0 Å². The third-order valence-corrected chi connectivity index (χ3v) is 6.24. The molecule has 1 aromatic heterocycles. The van der Waals surface area contributed by atoms with Crippen LogP contribution >= 0.6 is 23.1 Å². The van der Waals surface area contributed by atoms with Gasteiger partial charge in [0.15, 0.2) is 5.96 Å². The number of nitrogens with zero attached hydrogens (tertiary/aromatic N) is 3. The Bertz CT molecular complexity index is 522. The fraction of sp³-hybridized carbons (Fsp3) is 0.765. The molecule has 2 rings (SSSR count). The lowest BCUT2D eigenvalue weighted by molar-refractivity contribution is 0.376. The molecule has 2 heterocycles. The summed E-state index contributed by atoms with van der Waals surface area (Å²) in [7, 11) is 0. The van der Waals surface area contributed by atoms with Crippen LogP contribution in [0.3, 0.4) is 0 Å². The average molecular weight is 355 g/mol. The van der Waals surface area contributed by atoms with Crippen LogP contribution in [0.15, 0.2) is 10.4 Å². The summed E-state index contributed by atoms with van der Waals surface area (Å²) in [5.41, 5.74) is 1.17. The van der Waals surface area contributed by atoms with Crippen molar-refractivity contribution in [1.29, 1.82) is 0 Å². The molecule has 4 nitrogen and oxygen atoms in total. The van der Waals surface area contributed by atoms with Gasteiger partial charge in [-0.1, -0.05) is 13.8 Å². The summed E-state index contributed by atoms with van der Waals surface area (Å²) >= 11 is 3.82. The number of aliphatic imine (C=N–C) groups is 1. The van der Waals surface area contributed by atoms with Crippen LogP contribution in [0.4, 0.5) is 0 Å². The van der Waals surface area contributed by atoms with Crippen molar-refractivity contribution < 1.29 is 0 Å². The van der Waals surface area contributed by atoms with Gasteiger partial charge in [-0.2, -0.15) is 11.8 Å². The standard InChI is InChI=1S/C17H30N4S2/c1-6-18-16(21-9-10-23-17(4,5)12-21)19-8-7-14-11-22-15(20-14)13(2)3/h11,13H,6-10,12H2,1-5H3,(H,18,19). The molecule has 130 valence electrons. The maximum Gasteiger partial charge on any atom is 0.193 e. The summed E-state index contributed by atoms with van der Waals surface area (Å²) in [5, 5.41) is 6.86. The third-order valence-electron chi connectivity index (χ3n) is 3.75. The van der Waals surface area contributed by atoms with Crippen molar-refractivity contribution in [3.63, 3.8) is 0 Å². The van der Waals surface area contributed by atoms with Crippen LogP contribution in [-0.2, 0) is 6.42 Å². The molecule has 0 amide bonds. The second kappa shape index (κ2) is 8.38. The quantitative estimate of drug-likeness (QED) is 0.648. The molecule has 0 atom stereocenters.